The molecule has 0 amide bonds. The Kier molecular flexibility index (Phi) is 4.05. The fraction of sp³-hybridized carbons (Fsp3) is 0.846. The van der Waals surface area contributed by atoms with Crippen molar-refractivity contribution in [3.8, 4) is 0 Å². The van der Waals surface area contributed by atoms with E-state index >= 15 is 0 Å². The fourth-order valence-corrected chi connectivity index (χ4v) is 3.31. The van der Waals surface area contributed by atoms with E-state index in [1.807, 2.05) is 4.90 Å². The van der Waals surface area contributed by atoms with Crippen molar-refractivity contribution in [3.63, 3.8) is 0 Å². The van der Waals surface area contributed by atoms with E-state index in [9.17, 15) is 13.2 Å². The van der Waals surface area contributed by atoms with Crippen molar-refractivity contribution in [1.82, 2.24) is 20.5 Å². The van der Waals surface area contributed by atoms with Gasteiger partial charge in [0.1, 0.15) is 12.2 Å². The van der Waals surface area contributed by atoms with Crippen LogP contribution >= 0.6 is 0 Å². The molecule has 0 saturated carbocycles. The number of alkyl halides is 3. The highest BCUT2D eigenvalue weighted by atomic mass is 19.4. The Hall–Kier alpha value is -1.31. The number of halogens is 3. The molecule has 2 N–H and O–H groups in total. The third-order valence-electron chi connectivity index (χ3n) is 4.38. The van der Waals surface area contributed by atoms with Gasteiger partial charge in [0.15, 0.2) is 0 Å². The lowest BCUT2D eigenvalue weighted by atomic mass is 9.89. The predicted octanol–water partition coefficient (Wildman–Crippen LogP) is 1.88. The molecule has 3 heterocycles. The molecule has 3 rings (SSSR count). The molecule has 5 nitrogen and oxygen atoms in total. The van der Waals surface area contributed by atoms with Crippen molar-refractivity contribution in [2.24, 2.45) is 5.92 Å². The minimum atomic E-state index is -4.25. The normalized spacial score (nSPS) is 24.7. The second kappa shape index (κ2) is 5.82. The minimum Gasteiger partial charge on any atom is -0.340 e. The summed E-state index contributed by atoms with van der Waals surface area (Å²) in [6.07, 6.45) is -0.740. The first-order valence-corrected chi connectivity index (χ1v) is 7.47. The molecule has 2 fully saturated rings. The summed E-state index contributed by atoms with van der Waals surface area (Å²) in [5.41, 5.74) is 0. The average Bonchev–Trinajstić information content (AvgIpc) is 3.08. The zero-order chi connectivity index (χ0) is 14.9. The maximum Gasteiger partial charge on any atom is 0.396 e. The van der Waals surface area contributed by atoms with Crippen LogP contribution in [0.1, 0.15) is 31.5 Å². The van der Waals surface area contributed by atoms with E-state index in [0.29, 0.717) is 17.9 Å². The molecule has 2 aliphatic rings. The summed E-state index contributed by atoms with van der Waals surface area (Å²) in [7, 11) is 0. The van der Waals surface area contributed by atoms with Gasteiger partial charge in [0.05, 0.1) is 0 Å². The molecule has 0 radical (unpaired) electrons. The second-order valence-electron chi connectivity index (χ2n) is 5.90. The van der Waals surface area contributed by atoms with Crippen LogP contribution in [0.4, 0.5) is 19.1 Å². The molecule has 1 atom stereocenters. The lowest BCUT2D eigenvalue weighted by Gasteiger charge is -2.34. The van der Waals surface area contributed by atoms with E-state index in [1.54, 1.807) is 0 Å². The van der Waals surface area contributed by atoms with Gasteiger partial charge in [0.25, 0.3) is 0 Å². The zero-order valence-corrected chi connectivity index (χ0v) is 11.8. The Labute approximate surface area is 121 Å². The summed E-state index contributed by atoms with van der Waals surface area (Å²) < 4.78 is 36.9. The summed E-state index contributed by atoms with van der Waals surface area (Å²) in [6.45, 7) is 2.73. The van der Waals surface area contributed by atoms with Crippen molar-refractivity contribution >= 4 is 5.95 Å². The molecule has 8 heteroatoms. The third-order valence-corrected chi connectivity index (χ3v) is 4.38. The molecule has 1 unspecified atom stereocenters. The largest absolute Gasteiger partial charge is 0.396 e. The molecule has 1 aromatic rings. The molecular formula is C13H20F3N5. The summed E-state index contributed by atoms with van der Waals surface area (Å²) in [4.78, 5) is 5.94. The SMILES string of the molecule is FC(F)(F)Cc1nc(N2CCC(C3CCCN3)CC2)n[nH]1. The number of nitrogens with one attached hydrogen (secondary N) is 2. The van der Waals surface area contributed by atoms with Crippen molar-refractivity contribution in [1.29, 1.82) is 0 Å². The molecule has 2 saturated heterocycles. The molecule has 2 aliphatic heterocycles. The maximum atomic E-state index is 12.3. The quantitative estimate of drug-likeness (QED) is 0.895. The summed E-state index contributed by atoms with van der Waals surface area (Å²) in [5, 5.41) is 9.84. The monoisotopic (exact) mass is 303 g/mol. The van der Waals surface area contributed by atoms with Crippen LogP contribution in [0.3, 0.4) is 0 Å². The predicted molar refractivity (Wildman–Crippen MR) is 72.1 cm³/mol. The number of aromatic nitrogens is 3. The van der Waals surface area contributed by atoms with Crippen molar-refractivity contribution < 1.29 is 13.2 Å². The summed E-state index contributed by atoms with van der Waals surface area (Å²) >= 11 is 0. The highest BCUT2D eigenvalue weighted by molar-refractivity contribution is 5.29. The molecule has 1 aromatic heterocycles. The standard InChI is InChI=1S/C13H20F3N5/c14-13(15,16)8-11-18-12(20-19-11)21-6-3-9(4-7-21)10-2-1-5-17-10/h9-10,17H,1-8H2,(H,18,19,20). The van der Waals surface area contributed by atoms with Crippen molar-refractivity contribution in [2.75, 3.05) is 24.5 Å². The smallest absolute Gasteiger partial charge is 0.340 e. The van der Waals surface area contributed by atoms with E-state index in [4.69, 9.17) is 0 Å². The number of hydrogen-bond donors (Lipinski definition) is 2. The van der Waals surface area contributed by atoms with Crippen LogP contribution in [-0.2, 0) is 6.42 Å². The lowest BCUT2D eigenvalue weighted by molar-refractivity contribution is -0.128. The third kappa shape index (κ3) is 3.66. The van der Waals surface area contributed by atoms with Crippen LogP contribution in [0.15, 0.2) is 0 Å². The van der Waals surface area contributed by atoms with Gasteiger partial charge in [-0.25, -0.2) is 0 Å². The van der Waals surface area contributed by atoms with Crippen LogP contribution < -0.4 is 10.2 Å². The first kappa shape index (κ1) is 14.6. The minimum absolute atomic E-state index is 0.114. The van der Waals surface area contributed by atoms with Crippen molar-refractivity contribution in [2.45, 2.75) is 44.3 Å². The highest BCUT2D eigenvalue weighted by Gasteiger charge is 2.32. The van der Waals surface area contributed by atoms with E-state index in [0.717, 1.165) is 32.5 Å². The Morgan fingerprint density at radius 2 is 1.95 bits per heavy atom. The van der Waals surface area contributed by atoms with Gasteiger partial charge in [-0.2, -0.15) is 18.2 Å². The van der Waals surface area contributed by atoms with E-state index < -0.39 is 12.6 Å². The molecule has 0 spiro atoms. The van der Waals surface area contributed by atoms with Gasteiger partial charge in [0, 0.05) is 19.1 Å². The van der Waals surface area contributed by atoms with Gasteiger partial charge >= 0.3 is 6.18 Å². The van der Waals surface area contributed by atoms with Crippen LogP contribution in [-0.4, -0.2) is 47.0 Å². The van der Waals surface area contributed by atoms with E-state index in [2.05, 4.69) is 20.5 Å². The molecular weight excluding hydrogens is 283 g/mol. The number of anilines is 1. The highest BCUT2D eigenvalue weighted by Crippen LogP contribution is 2.27. The summed E-state index contributed by atoms with van der Waals surface area (Å²) in [5.74, 6) is 0.946. The van der Waals surface area contributed by atoms with Gasteiger partial charge in [-0.3, -0.25) is 5.10 Å². The van der Waals surface area contributed by atoms with Gasteiger partial charge in [-0.1, -0.05) is 0 Å². The number of piperidine rings is 1. The molecule has 21 heavy (non-hydrogen) atoms. The van der Waals surface area contributed by atoms with E-state index in [-0.39, 0.29) is 5.82 Å². The van der Waals surface area contributed by atoms with Gasteiger partial charge in [-0.05, 0) is 38.1 Å². The Bertz CT molecular complexity index is 459. The zero-order valence-electron chi connectivity index (χ0n) is 11.8. The summed E-state index contributed by atoms with van der Waals surface area (Å²) in [6, 6.07) is 0.611. The first-order valence-electron chi connectivity index (χ1n) is 7.47. The topological polar surface area (TPSA) is 56.8 Å². The van der Waals surface area contributed by atoms with Crippen LogP contribution in [0.5, 0.6) is 0 Å². The fourth-order valence-electron chi connectivity index (χ4n) is 3.31. The molecule has 0 bridgehead atoms. The first-order chi connectivity index (χ1) is 10.0. The lowest BCUT2D eigenvalue weighted by Crippen LogP contribution is -2.41. The number of nitrogens with zero attached hydrogens (tertiary/aromatic N) is 3. The Balaban J connectivity index is 1.54. The number of rotatable bonds is 3. The average molecular weight is 303 g/mol. The number of aromatic amines is 1. The number of H-pyrrole nitrogens is 1. The van der Waals surface area contributed by atoms with Gasteiger partial charge in [0.2, 0.25) is 5.95 Å². The van der Waals surface area contributed by atoms with Gasteiger partial charge in [-0.15, -0.1) is 5.10 Å². The van der Waals surface area contributed by atoms with Crippen LogP contribution in [0, 0.1) is 5.92 Å². The molecule has 118 valence electrons. The Morgan fingerprint density at radius 3 is 2.57 bits per heavy atom. The maximum absolute atomic E-state index is 12.3. The Morgan fingerprint density at radius 1 is 1.19 bits per heavy atom. The second-order valence-corrected chi connectivity index (χ2v) is 5.90. The van der Waals surface area contributed by atoms with Crippen LogP contribution in [0.2, 0.25) is 0 Å². The van der Waals surface area contributed by atoms with E-state index in [1.165, 1.54) is 12.8 Å². The van der Waals surface area contributed by atoms with Gasteiger partial charge < -0.3 is 10.2 Å². The molecule has 0 aromatic carbocycles. The molecule has 0 aliphatic carbocycles. The number of hydrogen-bond acceptors (Lipinski definition) is 4. The van der Waals surface area contributed by atoms with Crippen molar-refractivity contribution in [3.05, 3.63) is 5.82 Å². The van der Waals surface area contributed by atoms with Crippen LogP contribution in [0.25, 0.3) is 0 Å².